The zero-order chi connectivity index (χ0) is 22.2. The molecule has 30 heavy (non-hydrogen) atoms. The molecule has 0 aromatic rings. The maximum absolute atomic E-state index is 12.2. The van der Waals surface area contributed by atoms with Gasteiger partial charge in [0.25, 0.3) is 0 Å². The number of carbonyl (C=O) groups is 3. The van der Waals surface area contributed by atoms with Crippen molar-refractivity contribution in [3.63, 3.8) is 0 Å². The van der Waals surface area contributed by atoms with E-state index in [1.165, 1.54) is 0 Å². The Morgan fingerprint density at radius 1 is 0.533 bits per heavy atom. The third kappa shape index (κ3) is 12.2. The summed E-state index contributed by atoms with van der Waals surface area (Å²) >= 11 is 0. The van der Waals surface area contributed by atoms with Gasteiger partial charge in [-0.2, -0.15) is 0 Å². The Bertz CT molecular complexity index is 427. The highest BCUT2D eigenvalue weighted by Crippen LogP contribution is 2.28. The molecule has 0 unspecified atom stereocenters. The van der Waals surface area contributed by atoms with Crippen LogP contribution in [0.15, 0.2) is 0 Å². The minimum Gasteiger partial charge on any atom is -0.462 e. The van der Waals surface area contributed by atoms with Crippen LogP contribution in [0.2, 0.25) is 0 Å². The molecular formula is C24H42O6. The van der Waals surface area contributed by atoms with Gasteiger partial charge < -0.3 is 14.2 Å². The van der Waals surface area contributed by atoms with Gasteiger partial charge in [-0.25, -0.2) is 0 Å². The van der Waals surface area contributed by atoms with Crippen LogP contribution in [0.5, 0.6) is 0 Å². The van der Waals surface area contributed by atoms with Crippen molar-refractivity contribution >= 4 is 17.9 Å². The number of rotatable bonds is 15. The normalized spacial score (nSPS) is 21.1. The first-order chi connectivity index (χ1) is 14.5. The summed E-state index contributed by atoms with van der Waals surface area (Å²) in [7, 11) is 0. The van der Waals surface area contributed by atoms with Gasteiger partial charge in [0.05, 0.1) is 0 Å². The van der Waals surface area contributed by atoms with Crippen molar-refractivity contribution in [1.29, 1.82) is 0 Å². The third-order valence-corrected chi connectivity index (χ3v) is 5.43. The van der Waals surface area contributed by atoms with Crippen molar-refractivity contribution in [2.75, 3.05) is 0 Å². The van der Waals surface area contributed by atoms with E-state index in [1.807, 2.05) is 0 Å². The fourth-order valence-corrected chi connectivity index (χ4v) is 3.75. The SMILES string of the molecule is CCCCCC(=O)OC1CC(OC(=O)CCCCC)CC(OC(=O)CCCCC)C1. The van der Waals surface area contributed by atoms with Crippen LogP contribution in [0.4, 0.5) is 0 Å². The first-order valence-electron chi connectivity index (χ1n) is 12.1. The van der Waals surface area contributed by atoms with Gasteiger partial charge in [0.1, 0.15) is 18.3 Å². The van der Waals surface area contributed by atoms with Gasteiger partial charge in [0.15, 0.2) is 0 Å². The summed E-state index contributed by atoms with van der Waals surface area (Å²) < 4.78 is 16.9. The first kappa shape index (κ1) is 26.4. The molecule has 1 aliphatic rings. The van der Waals surface area contributed by atoms with Gasteiger partial charge in [-0.05, 0) is 19.3 Å². The number of hydrogen-bond acceptors (Lipinski definition) is 6. The summed E-state index contributed by atoms with van der Waals surface area (Å²) in [6.07, 6.45) is 10.0. The van der Waals surface area contributed by atoms with Crippen LogP contribution >= 0.6 is 0 Å². The highest BCUT2D eigenvalue weighted by atomic mass is 16.6. The van der Waals surface area contributed by atoms with Gasteiger partial charge in [-0.3, -0.25) is 14.4 Å². The topological polar surface area (TPSA) is 78.9 Å². The van der Waals surface area contributed by atoms with Crippen LogP contribution in [0.1, 0.15) is 117 Å². The summed E-state index contributed by atoms with van der Waals surface area (Å²) in [6.45, 7) is 6.27. The average molecular weight is 427 g/mol. The predicted octanol–water partition coefficient (Wildman–Crippen LogP) is 5.65. The van der Waals surface area contributed by atoms with Crippen molar-refractivity contribution < 1.29 is 28.6 Å². The highest BCUT2D eigenvalue weighted by molar-refractivity contribution is 5.70. The zero-order valence-electron chi connectivity index (χ0n) is 19.3. The van der Waals surface area contributed by atoms with E-state index in [9.17, 15) is 14.4 Å². The van der Waals surface area contributed by atoms with E-state index in [1.54, 1.807) is 0 Å². The minimum absolute atomic E-state index is 0.226. The van der Waals surface area contributed by atoms with E-state index in [4.69, 9.17) is 14.2 Å². The van der Waals surface area contributed by atoms with Gasteiger partial charge in [-0.1, -0.05) is 59.3 Å². The molecule has 0 N–H and O–H groups in total. The molecule has 1 fully saturated rings. The van der Waals surface area contributed by atoms with Gasteiger partial charge in [-0.15, -0.1) is 0 Å². The molecule has 0 radical (unpaired) electrons. The smallest absolute Gasteiger partial charge is 0.306 e. The lowest BCUT2D eigenvalue weighted by atomic mass is 9.92. The summed E-state index contributed by atoms with van der Waals surface area (Å²) in [5, 5.41) is 0. The fraction of sp³-hybridized carbons (Fsp3) is 0.875. The Hall–Kier alpha value is -1.59. The number of unbranched alkanes of at least 4 members (excludes halogenated alkanes) is 6. The lowest BCUT2D eigenvalue weighted by Gasteiger charge is -2.34. The molecule has 0 bridgehead atoms. The van der Waals surface area contributed by atoms with Crippen LogP contribution in [-0.2, 0) is 28.6 Å². The van der Waals surface area contributed by atoms with E-state index in [0.29, 0.717) is 38.5 Å². The lowest BCUT2D eigenvalue weighted by molar-refractivity contribution is -0.169. The Balaban J connectivity index is 2.60. The lowest BCUT2D eigenvalue weighted by Crippen LogP contribution is -2.40. The summed E-state index contributed by atoms with van der Waals surface area (Å²) in [5.41, 5.74) is 0. The molecule has 0 spiro atoms. The molecule has 1 rings (SSSR count). The molecular weight excluding hydrogens is 384 g/mol. The van der Waals surface area contributed by atoms with E-state index >= 15 is 0 Å². The van der Waals surface area contributed by atoms with Crippen LogP contribution in [0.25, 0.3) is 0 Å². The molecule has 1 aliphatic carbocycles. The third-order valence-electron chi connectivity index (χ3n) is 5.43. The van der Waals surface area contributed by atoms with Crippen LogP contribution in [0.3, 0.4) is 0 Å². The summed E-state index contributed by atoms with van der Waals surface area (Å²) in [6, 6.07) is 0. The van der Waals surface area contributed by atoms with Gasteiger partial charge in [0, 0.05) is 38.5 Å². The molecule has 0 heterocycles. The number of ether oxygens (including phenoxy) is 3. The molecule has 0 aromatic heterocycles. The number of esters is 3. The quantitative estimate of drug-likeness (QED) is 0.191. The largest absolute Gasteiger partial charge is 0.462 e. The Labute approximate surface area is 182 Å². The second-order valence-electron chi connectivity index (χ2n) is 8.41. The van der Waals surface area contributed by atoms with Gasteiger partial charge in [0.2, 0.25) is 0 Å². The molecule has 0 amide bonds. The number of hydrogen-bond donors (Lipinski definition) is 0. The maximum atomic E-state index is 12.2. The number of carbonyl (C=O) groups excluding carboxylic acids is 3. The van der Waals surface area contributed by atoms with Crippen molar-refractivity contribution in [2.24, 2.45) is 0 Å². The van der Waals surface area contributed by atoms with E-state index < -0.39 is 0 Å². The molecule has 6 heteroatoms. The van der Waals surface area contributed by atoms with E-state index in [-0.39, 0.29) is 36.2 Å². The molecule has 174 valence electrons. The zero-order valence-corrected chi connectivity index (χ0v) is 19.3. The van der Waals surface area contributed by atoms with Gasteiger partial charge >= 0.3 is 17.9 Å². The Kier molecular flexibility index (Phi) is 14.2. The average Bonchev–Trinajstić information content (AvgIpc) is 2.68. The standard InChI is InChI=1S/C24H42O6/c1-4-7-10-13-22(25)28-19-16-20(29-23(26)14-11-8-5-2)18-21(17-19)30-24(27)15-12-9-6-3/h19-21H,4-18H2,1-3H3. The molecule has 0 aromatic carbocycles. The van der Waals surface area contributed by atoms with Crippen molar-refractivity contribution in [3.05, 3.63) is 0 Å². The summed E-state index contributed by atoms with van der Waals surface area (Å²) in [4.78, 5) is 36.5. The fourth-order valence-electron chi connectivity index (χ4n) is 3.75. The minimum atomic E-state index is -0.380. The van der Waals surface area contributed by atoms with Crippen molar-refractivity contribution in [2.45, 2.75) is 135 Å². The second kappa shape index (κ2) is 16.1. The predicted molar refractivity (Wildman–Crippen MR) is 116 cm³/mol. The molecule has 6 nitrogen and oxygen atoms in total. The summed E-state index contributed by atoms with van der Waals surface area (Å²) in [5.74, 6) is -0.677. The van der Waals surface area contributed by atoms with Crippen molar-refractivity contribution in [1.82, 2.24) is 0 Å². The molecule has 0 atom stereocenters. The monoisotopic (exact) mass is 426 g/mol. The van der Waals surface area contributed by atoms with Crippen molar-refractivity contribution in [3.8, 4) is 0 Å². The van der Waals surface area contributed by atoms with E-state index in [2.05, 4.69) is 20.8 Å². The molecule has 0 aliphatic heterocycles. The molecule has 0 saturated heterocycles. The Morgan fingerprint density at radius 3 is 1.03 bits per heavy atom. The van der Waals surface area contributed by atoms with Crippen LogP contribution in [-0.4, -0.2) is 36.2 Å². The highest BCUT2D eigenvalue weighted by Gasteiger charge is 2.35. The van der Waals surface area contributed by atoms with Crippen LogP contribution < -0.4 is 0 Å². The molecule has 1 saturated carbocycles. The second-order valence-corrected chi connectivity index (χ2v) is 8.41. The van der Waals surface area contributed by atoms with Crippen LogP contribution in [0, 0.1) is 0 Å². The Morgan fingerprint density at radius 2 is 0.800 bits per heavy atom. The maximum Gasteiger partial charge on any atom is 0.306 e. The van der Waals surface area contributed by atoms with E-state index in [0.717, 1.165) is 57.8 Å². The first-order valence-corrected chi connectivity index (χ1v) is 12.1.